The molecule has 0 aromatic heterocycles. The molecule has 0 heterocycles. The van der Waals surface area contributed by atoms with Gasteiger partial charge in [0.2, 0.25) is 0 Å². The molecule has 0 aliphatic carbocycles. The Labute approximate surface area is 354 Å². The van der Waals surface area contributed by atoms with Crippen molar-refractivity contribution in [2.45, 2.75) is 0 Å². The van der Waals surface area contributed by atoms with Gasteiger partial charge in [-0.05, 0) is 132 Å². The Bertz CT molecular complexity index is 2810. The number of hydrogen-bond acceptors (Lipinski definition) is 7. The summed E-state index contributed by atoms with van der Waals surface area (Å²) in [7, 11) is 0. The minimum absolute atomic E-state index is 0.606. The second kappa shape index (κ2) is 18.4. The molecular formula is C54H38O7. The molecule has 0 radical (unpaired) electrons. The van der Waals surface area contributed by atoms with Crippen molar-refractivity contribution in [3.05, 3.63) is 231 Å². The lowest BCUT2D eigenvalue weighted by Gasteiger charge is -2.12. The van der Waals surface area contributed by atoms with E-state index in [0.29, 0.717) is 63.2 Å². The van der Waals surface area contributed by atoms with Crippen LogP contribution in [0, 0.1) is 0 Å². The Morgan fingerprint density at radius 3 is 0.656 bits per heavy atom. The van der Waals surface area contributed by atoms with E-state index in [1.54, 1.807) is 0 Å². The van der Waals surface area contributed by atoms with E-state index >= 15 is 0 Å². The highest BCUT2D eigenvalue weighted by Gasteiger charge is 2.08. The lowest BCUT2D eigenvalue weighted by Crippen LogP contribution is -1.90. The minimum Gasteiger partial charge on any atom is -0.457 e. The van der Waals surface area contributed by atoms with Crippen LogP contribution in [0.5, 0.6) is 80.5 Å². The summed E-state index contributed by atoms with van der Waals surface area (Å²) in [6.07, 6.45) is 0. The van der Waals surface area contributed by atoms with Crippen LogP contribution in [0.15, 0.2) is 231 Å². The molecule has 0 aliphatic heterocycles. The topological polar surface area (TPSA) is 64.6 Å². The molecule has 0 amide bonds. The van der Waals surface area contributed by atoms with Crippen molar-refractivity contribution in [1.82, 2.24) is 0 Å². The maximum Gasteiger partial charge on any atom is 0.131 e. The van der Waals surface area contributed by atoms with Gasteiger partial charge in [-0.2, -0.15) is 0 Å². The first kappa shape index (κ1) is 38.1. The van der Waals surface area contributed by atoms with E-state index in [9.17, 15) is 0 Å². The van der Waals surface area contributed by atoms with Gasteiger partial charge in [-0.1, -0.05) is 84.9 Å². The second-order valence-corrected chi connectivity index (χ2v) is 13.8. The molecule has 0 unspecified atom stereocenters. The van der Waals surface area contributed by atoms with Crippen LogP contribution in [-0.2, 0) is 0 Å². The highest BCUT2D eigenvalue weighted by Crippen LogP contribution is 2.35. The van der Waals surface area contributed by atoms with Crippen LogP contribution in [-0.4, -0.2) is 0 Å². The third kappa shape index (κ3) is 10.6. The first-order valence-corrected chi connectivity index (χ1v) is 19.7. The first-order valence-electron chi connectivity index (χ1n) is 19.7. The van der Waals surface area contributed by atoms with E-state index in [1.807, 2.05) is 206 Å². The Morgan fingerprint density at radius 2 is 0.344 bits per heavy atom. The van der Waals surface area contributed by atoms with Gasteiger partial charge in [0.15, 0.2) is 0 Å². The lowest BCUT2D eigenvalue weighted by molar-refractivity contribution is 0.445. The molecule has 0 aliphatic rings. The third-order valence-corrected chi connectivity index (χ3v) is 9.22. The monoisotopic (exact) mass is 798 g/mol. The normalized spacial score (nSPS) is 10.6. The molecule has 61 heavy (non-hydrogen) atoms. The van der Waals surface area contributed by atoms with E-state index in [0.717, 1.165) is 28.4 Å². The summed E-state index contributed by atoms with van der Waals surface area (Å²) in [6, 6.07) is 72.8. The van der Waals surface area contributed by atoms with Crippen LogP contribution in [0.1, 0.15) is 0 Å². The van der Waals surface area contributed by atoms with E-state index in [-0.39, 0.29) is 0 Å². The van der Waals surface area contributed by atoms with Crippen LogP contribution in [0.2, 0.25) is 0 Å². The fourth-order valence-electron chi connectivity index (χ4n) is 6.34. The van der Waals surface area contributed by atoms with E-state index in [4.69, 9.17) is 33.2 Å². The van der Waals surface area contributed by atoms with Gasteiger partial charge in [0, 0.05) is 24.3 Å². The zero-order valence-electron chi connectivity index (χ0n) is 32.8. The van der Waals surface area contributed by atoms with Gasteiger partial charge in [-0.3, -0.25) is 0 Å². The predicted molar refractivity (Wildman–Crippen MR) is 237 cm³/mol. The third-order valence-electron chi connectivity index (χ3n) is 9.22. The van der Waals surface area contributed by atoms with Crippen molar-refractivity contribution in [1.29, 1.82) is 0 Å². The van der Waals surface area contributed by atoms with Gasteiger partial charge in [-0.25, -0.2) is 0 Å². The summed E-state index contributed by atoms with van der Waals surface area (Å²) >= 11 is 0. The molecule has 0 fully saturated rings. The molecule has 9 aromatic rings. The Balaban J connectivity index is 0.777. The van der Waals surface area contributed by atoms with Crippen molar-refractivity contribution in [3.8, 4) is 91.6 Å². The van der Waals surface area contributed by atoms with Gasteiger partial charge >= 0.3 is 0 Å². The fraction of sp³-hybridized carbons (Fsp3) is 0. The largest absolute Gasteiger partial charge is 0.457 e. The maximum absolute atomic E-state index is 6.23. The second-order valence-electron chi connectivity index (χ2n) is 13.8. The number of benzene rings is 9. The van der Waals surface area contributed by atoms with Gasteiger partial charge in [0.1, 0.15) is 80.5 Å². The number of para-hydroxylation sites is 1. The Morgan fingerprint density at radius 1 is 0.148 bits per heavy atom. The summed E-state index contributed by atoms with van der Waals surface area (Å²) in [5, 5.41) is 0. The Kier molecular flexibility index (Phi) is 11.5. The SMILES string of the molecule is c1ccc(Oc2ccc(Oc3ccc(Oc4cccc(Oc5cccc(Oc6cccc(Oc7cccc(Oc8ccc(-c9ccccc9)cc8)c7)c6)c5)c4)cc3)cc2)cc1. The van der Waals surface area contributed by atoms with Gasteiger partial charge < -0.3 is 33.2 Å². The molecule has 0 bridgehead atoms. The van der Waals surface area contributed by atoms with Crippen molar-refractivity contribution < 1.29 is 33.2 Å². The standard InChI is InChI=1S/C54H38O7/c1-3-11-39(12-4-1)40-23-25-42(26-24-40)57-47-15-7-17-49(35-47)59-51-19-9-21-53(37-51)61-54-22-10-20-52(38-54)60-50-18-8-16-48(36-50)58-46-33-31-45(32-34-46)56-44-29-27-43(28-30-44)55-41-13-5-2-6-14-41/h1-38H. The van der Waals surface area contributed by atoms with Crippen molar-refractivity contribution in [2.75, 3.05) is 0 Å². The predicted octanol–water partition coefficient (Wildman–Crippen LogP) is 15.9. The van der Waals surface area contributed by atoms with Crippen LogP contribution in [0.4, 0.5) is 0 Å². The zero-order chi connectivity index (χ0) is 41.1. The lowest BCUT2D eigenvalue weighted by atomic mass is 10.1. The zero-order valence-corrected chi connectivity index (χ0v) is 32.8. The molecule has 9 aromatic carbocycles. The van der Waals surface area contributed by atoms with E-state index in [1.165, 1.54) is 0 Å². The van der Waals surface area contributed by atoms with Crippen LogP contribution in [0.3, 0.4) is 0 Å². The van der Waals surface area contributed by atoms with Crippen molar-refractivity contribution in [3.63, 3.8) is 0 Å². The summed E-state index contributed by atoms with van der Waals surface area (Å²) in [6.45, 7) is 0. The summed E-state index contributed by atoms with van der Waals surface area (Å²) < 4.78 is 42.9. The van der Waals surface area contributed by atoms with Gasteiger partial charge in [0.05, 0.1) is 0 Å². The van der Waals surface area contributed by atoms with Gasteiger partial charge in [0.25, 0.3) is 0 Å². The summed E-state index contributed by atoms with van der Waals surface area (Å²) in [5.74, 6) is 9.26. The number of rotatable bonds is 15. The summed E-state index contributed by atoms with van der Waals surface area (Å²) in [5.41, 5.74) is 2.29. The summed E-state index contributed by atoms with van der Waals surface area (Å²) in [4.78, 5) is 0. The minimum atomic E-state index is 0.606. The molecule has 9 rings (SSSR count). The number of ether oxygens (including phenoxy) is 7. The molecule has 296 valence electrons. The van der Waals surface area contributed by atoms with Crippen LogP contribution < -0.4 is 33.2 Å². The molecular weight excluding hydrogens is 761 g/mol. The highest BCUT2D eigenvalue weighted by atomic mass is 16.5. The maximum atomic E-state index is 6.23. The van der Waals surface area contributed by atoms with Gasteiger partial charge in [-0.15, -0.1) is 0 Å². The molecule has 0 spiro atoms. The van der Waals surface area contributed by atoms with Crippen molar-refractivity contribution >= 4 is 0 Å². The van der Waals surface area contributed by atoms with E-state index < -0.39 is 0 Å². The Hall–Kier alpha value is -8.42. The average Bonchev–Trinajstić information content (AvgIpc) is 3.29. The van der Waals surface area contributed by atoms with Crippen LogP contribution >= 0.6 is 0 Å². The number of hydrogen-bond donors (Lipinski definition) is 0. The first-order chi connectivity index (χ1) is 30.1. The average molecular weight is 799 g/mol. The van der Waals surface area contributed by atoms with Crippen LogP contribution in [0.25, 0.3) is 11.1 Å². The molecule has 0 N–H and O–H groups in total. The molecule has 0 atom stereocenters. The van der Waals surface area contributed by atoms with Crippen molar-refractivity contribution in [2.24, 2.45) is 0 Å². The highest BCUT2D eigenvalue weighted by molar-refractivity contribution is 5.64. The fourth-order valence-corrected chi connectivity index (χ4v) is 6.34. The molecule has 7 nitrogen and oxygen atoms in total. The quantitative estimate of drug-likeness (QED) is 0.102. The smallest absolute Gasteiger partial charge is 0.131 e. The molecule has 0 saturated heterocycles. The molecule has 0 saturated carbocycles. The molecule has 7 heteroatoms. The van der Waals surface area contributed by atoms with E-state index in [2.05, 4.69) is 24.3 Å².